The molecule has 2 N–H and O–H groups in total. The molecular formula is C14H17ClN2O2. The van der Waals surface area contributed by atoms with Crippen LogP contribution in [0, 0.1) is 5.92 Å². The van der Waals surface area contributed by atoms with Crippen LogP contribution < -0.4 is 5.32 Å². The Kier molecular flexibility index (Phi) is 3.37. The van der Waals surface area contributed by atoms with Crippen LogP contribution in [0.25, 0.3) is 0 Å². The molecule has 0 radical (unpaired) electrons. The fourth-order valence-corrected chi connectivity index (χ4v) is 3.32. The molecule has 5 heteroatoms. The number of hydrogen-bond donors (Lipinski definition) is 2. The van der Waals surface area contributed by atoms with E-state index in [1.807, 2.05) is 0 Å². The number of nitrogens with one attached hydrogen (secondary N) is 1. The van der Waals surface area contributed by atoms with Gasteiger partial charge >= 0.3 is 5.97 Å². The fourth-order valence-electron chi connectivity index (χ4n) is 3.15. The lowest BCUT2D eigenvalue weighted by atomic mass is 9.84. The van der Waals surface area contributed by atoms with Crippen LogP contribution in [-0.2, 0) is 0 Å². The third-order valence-electron chi connectivity index (χ3n) is 4.21. The van der Waals surface area contributed by atoms with E-state index in [0.717, 1.165) is 6.54 Å². The van der Waals surface area contributed by atoms with Crippen molar-refractivity contribution >= 4 is 23.3 Å². The summed E-state index contributed by atoms with van der Waals surface area (Å²) in [5.74, 6) is -0.272. The van der Waals surface area contributed by atoms with Crippen molar-refractivity contribution in [2.45, 2.75) is 18.9 Å². The molecule has 0 spiro atoms. The SMILES string of the molecule is O=C(O)c1ccc(Cl)cc1NC1CN2CCC1CC2. The number of fused-ring (bicyclic) bond motifs is 3. The van der Waals surface area contributed by atoms with E-state index in [1.54, 1.807) is 18.2 Å². The molecule has 19 heavy (non-hydrogen) atoms. The number of carboxylic acids is 1. The number of halogens is 1. The first-order valence-corrected chi connectivity index (χ1v) is 7.03. The Hall–Kier alpha value is -1.26. The first-order chi connectivity index (χ1) is 9.13. The second kappa shape index (κ2) is 5.02. The Morgan fingerprint density at radius 3 is 2.68 bits per heavy atom. The molecule has 0 aliphatic carbocycles. The van der Waals surface area contributed by atoms with Crippen molar-refractivity contribution in [2.24, 2.45) is 5.92 Å². The zero-order valence-electron chi connectivity index (χ0n) is 10.6. The molecule has 1 unspecified atom stereocenters. The van der Waals surface area contributed by atoms with Crippen molar-refractivity contribution in [3.05, 3.63) is 28.8 Å². The van der Waals surface area contributed by atoms with E-state index < -0.39 is 5.97 Å². The van der Waals surface area contributed by atoms with Gasteiger partial charge in [-0.2, -0.15) is 0 Å². The number of piperidine rings is 3. The molecule has 4 nitrogen and oxygen atoms in total. The van der Waals surface area contributed by atoms with Crippen LogP contribution in [0.2, 0.25) is 5.02 Å². The maximum absolute atomic E-state index is 11.2. The van der Waals surface area contributed by atoms with Gasteiger partial charge in [-0.3, -0.25) is 0 Å². The van der Waals surface area contributed by atoms with Crippen LogP contribution in [0.4, 0.5) is 5.69 Å². The predicted molar refractivity (Wildman–Crippen MR) is 75.0 cm³/mol. The average molecular weight is 281 g/mol. The van der Waals surface area contributed by atoms with Crippen molar-refractivity contribution in [3.63, 3.8) is 0 Å². The van der Waals surface area contributed by atoms with Gasteiger partial charge in [0.2, 0.25) is 0 Å². The minimum absolute atomic E-state index is 0.292. The summed E-state index contributed by atoms with van der Waals surface area (Å²) in [7, 11) is 0. The third-order valence-corrected chi connectivity index (χ3v) is 4.44. The van der Waals surface area contributed by atoms with Gasteiger partial charge in [0.25, 0.3) is 0 Å². The van der Waals surface area contributed by atoms with Crippen molar-refractivity contribution in [1.29, 1.82) is 0 Å². The molecule has 3 aliphatic heterocycles. The molecule has 4 rings (SSSR count). The molecule has 1 aromatic carbocycles. The Morgan fingerprint density at radius 2 is 2.11 bits per heavy atom. The highest BCUT2D eigenvalue weighted by Crippen LogP contribution is 2.31. The average Bonchev–Trinajstić information content (AvgIpc) is 2.40. The number of carbonyl (C=O) groups is 1. The Bertz CT molecular complexity index is 498. The summed E-state index contributed by atoms with van der Waals surface area (Å²) in [5, 5.41) is 13.2. The van der Waals surface area contributed by atoms with Crippen LogP contribution in [0.1, 0.15) is 23.2 Å². The van der Waals surface area contributed by atoms with Gasteiger partial charge in [0.05, 0.1) is 11.3 Å². The van der Waals surface area contributed by atoms with E-state index in [1.165, 1.54) is 25.9 Å². The van der Waals surface area contributed by atoms with E-state index in [0.29, 0.717) is 28.2 Å². The lowest BCUT2D eigenvalue weighted by Gasteiger charge is -2.45. The maximum atomic E-state index is 11.2. The Morgan fingerprint density at radius 1 is 1.37 bits per heavy atom. The van der Waals surface area contributed by atoms with Crippen molar-refractivity contribution in [1.82, 2.24) is 4.90 Å². The summed E-state index contributed by atoms with van der Waals surface area (Å²) in [5.41, 5.74) is 0.930. The van der Waals surface area contributed by atoms with Gasteiger partial charge in [-0.05, 0) is 50.0 Å². The zero-order chi connectivity index (χ0) is 13.4. The van der Waals surface area contributed by atoms with Crippen LogP contribution in [0.3, 0.4) is 0 Å². The van der Waals surface area contributed by atoms with E-state index in [2.05, 4.69) is 10.2 Å². The van der Waals surface area contributed by atoms with Crippen molar-refractivity contribution in [3.8, 4) is 0 Å². The van der Waals surface area contributed by atoms with Crippen LogP contribution >= 0.6 is 11.6 Å². The summed E-state index contributed by atoms with van der Waals surface area (Å²) < 4.78 is 0. The number of benzene rings is 1. The van der Waals surface area contributed by atoms with Gasteiger partial charge in [0, 0.05) is 17.6 Å². The standard InChI is InChI=1S/C14H17ClN2O2/c15-10-1-2-11(14(18)19)12(7-10)16-13-8-17-5-3-9(13)4-6-17/h1-2,7,9,13,16H,3-6,8H2,(H,18,19). The van der Waals surface area contributed by atoms with Crippen molar-refractivity contribution < 1.29 is 9.90 Å². The molecule has 3 saturated heterocycles. The van der Waals surface area contributed by atoms with Gasteiger partial charge in [-0.15, -0.1) is 0 Å². The molecular weight excluding hydrogens is 264 g/mol. The largest absolute Gasteiger partial charge is 0.478 e. The van der Waals surface area contributed by atoms with Crippen molar-refractivity contribution in [2.75, 3.05) is 25.0 Å². The highest BCUT2D eigenvalue weighted by molar-refractivity contribution is 6.31. The summed E-state index contributed by atoms with van der Waals surface area (Å²) in [6.45, 7) is 3.34. The monoisotopic (exact) mass is 280 g/mol. The van der Waals surface area contributed by atoms with Gasteiger partial charge in [-0.25, -0.2) is 4.79 Å². The van der Waals surface area contributed by atoms with Crippen LogP contribution in [-0.4, -0.2) is 41.7 Å². The fraction of sp³-hybridized carbons (Fsp3) is 0.500. The first-order valence-electron chi connectivity index (χ1n) is 6.65. The summed E-state index contributed by atoms with van der Waals surface area (Å²) in [6.07, 6.45) is 2.39. The number of anilines is 1. The lowest BCUT2D eigenvalue weighted by molar-refractivity contribution is 0.0697. The number of aromatic carboxylic acids is 1. The van der Waals surface area contributed by atoms with Gasteiger partial charge in [0.1, 0.15) is 0 Å². The Balaban J connectivity index is 1.83. The molecule has 2 bridgehead atoms. The minimum Gasteiger partial charge on any atom is -0.478 e. The third kappa shape index (κ3) is 2.55. The summed E-state index contributed by atoms with van der Waals surface area (Å²) in [4.78, 5) is 13.7. The summed E-state index contributed by atoms with van der Waals surface area (Å²) >= 11 is 5.97. The first kappa shape index (κ1) is 12.8. The zero-order valence-corrected chi connectivity index (χ0v) is 11.4. The van der Waals surface area contributed by atoms with Crippen LogP contribution in [0.15, 0.2) is 18.2 Å². The molecule has 102 valence electrons. The number of nitrogens with zero attached hydrogens (tertiary/aromatic N) is 1. The molecule has 0 saturated carbocycles. The smallest absolute Gasteiger partial charge is 0.337 e. The van der Waals surface area contributed by atoms with E-state index in [-0.39, 0.29) is 0 Å². The van der Waals surface area contributed by atoms with E-state index in [4.69, 9.17) is 11.6 Å². The van der Waals surface area contributed by atoms with Crippen LogP contribution in [0.5, 0.6) is 0 Å². The van der Waals surface area contributed by atoms with Gasteiger partial charge in [0.15, 0.2) is 0 Å². The van der Waals surface area contributed by atoms with E-state index in [9.17, 15) is 9.90 Å². The second-order valence-corrected chi connectivity index (χ2v) is 5.82. The second-order valence-electron chi connectivity index (χ2n) is 5.38. The van der Waals surface area contributed by atoms with Gasteiger partial charge < -0.3 is 15.3 Å². The quantitative estimate of drug-likeness (QED) is 0.893. The molecule has 1 aromatic rings. The molecule has 0 amide bonds. The lowest BCUT2D eigenvalue weighted by Crippen LogP contribution is -2.53. The number of carboxylic acid groups (broad SMARTS) is 1. The molecule has 1 atom stereocenters. The summed E-state index contributed by atoms with van der Waals surface area (Å²) in [6, 6.07) is 5.23. The normalized spacial score (nSPS) is 29.2. The molecule has 0 aromatic heterocycles. The molecule has 3 heterocycles. The highest BCUT2D eigenvalue weighted by Gasteiger charge is 2.34. The Labute approximate surface area is 117 Å². The number of hydrogen-bond acceptors (Lipinski definition) is 3. The maximum Gasteiger partial charge on any atom is 0.337 e. The van der Waals surface area contributed by atoms with E-state index >= 15 is 0 Å². The number of rotatable bonds is 3. The molecule has 3 aliphatic rings. The predicted octanol–water partition coefficient (Wildman–Crippen LogP) is 2.54. The minimum atomic E-state index is -0.916. The van der Waals surface area contributed by atoms with Gasteiger partial charge in [-0.1, -0.05) is 11.6 Å². The highest BCUT2D eigenvalue weighted by atomic mass is 35.5. The topological polar surface area (TPSA) is 52.6 Å². The molecule has 3 fully saturated rings.